The molecule has 2 heteroatoms. The van der Waals surface area contributed by atoms with E-state index in [2.05, 4.69) is 6.07 Å². The average Bonchev–Trinajstić information content (AvgIpc) is 2.97. The fourth-order valence-corrected chi connectivity index (χ4v) is 1.92. The summed E-state index contributed by atoms with van der Waals surface area (Å²) in [5, 5.41) is 0. The molecule has 0 saturated heterocycles. The number of benzene rings is 1. The molecule has 1 aromatic rings. The van der Waals surface area contributed by atoms with Gasteiger partial charge < -0.3 is 5.73 Å². The lowest BCUT2D eigenvalue weighted by molar-refractivity contribution is 0.613. The van der Waals surface area contributed by atoms with E-state index >= 15 is 0 Å². The summed E-state index contributed by atoms with van der Waals surface area (Å²) in [7, 11) is 0. The van der Waals surface area contributed by atoms with Gasteiger partial charge in [-0.25, -0.2) is 4.39 Å². The quantitative estimate of drug-likeness (QED) is 0.783. The predicted octanol–water partition coefficient (Wildman–Crippen LogP) is 2.38. The second kappa shape index (κ2) is 3.35. The van der Waals surface area contributed by atoms with Gasteiger partial charge in [-0.3, -0.25) is 0 Å². The second-order valence-electron chi connectivity index (χ2n) is 4.19. The molecule has 2 N–H and O–H groups in total. The Bertz CT molecular complexity index is 342. The highest BCUT2D eigenvalue weighted by atomic mass is 19.1. The third-order valence-corrected chi connectivity index (χ3v) is 3.22. The van der Waals surface area contributed by atoms with Crippen LogP contribution in [0.4, 0.5) is 4.39 Å². The van der Waals surface area contributed by atoms with Gasteiger partial charge in [0, 0.05) is 12.0 Å². The summed E-state index contributed by atoms with van der Waals surface area (Å²) in [6.45, 7) is 2.68. The lowest BCUT2D eigenvalue weighted by atomic mass is 9.94. The minimum Gasteiger partial charge on any atom is -0.330 e. The zero-order valence-corrected chi connectivity index (χ0v) is 8.52. The summed E-state index contributed by atoms with van der Waals surface area (Å²) in [5.74, 6) is -0.126. The van der Waals surface area contributed by atoms with Crippen LogP contribution in [0.5, 0.6) is 0 Å². The summed E-state index contributed by atoms with van der Waals surface area (Å²) >= 11 is 0. The molecule has 0 unspecified atom stereocenters. The molecule has 0 aliphatic heterocycles. The first-order valence-corrected chi connectivity index (χ1v) is 5.20. The van der Waals surface area contributed by atoms with Gasteiger partial charge in [0.25, 0.3) is 0 Å². The molecule has 1 nitrogen and oxygen atoms in total. The summed E-state index contributed by atoms with van der Waals surface area (Å²) in [6, 6.07) is 5.35. The molecule has 14 heavy (non-hydrogen) atoms. The van der Waals surface area contributed by atoms with Crippen LogP contribution < -0.4 is 5.73 Å². The summed E-state index contributed by atoms with van der Waals surface area (Å²) in [4.78, 5) is 0. The molecule has 0 spiro atoms. The maximum absolute atomic E-state index is 13.3. The number of hydrogen-bond donors (Lipinski definition) is 1. The van der Waals surface area contributed by atoms with E-state index in [9.17, 15) is 4.39 Å². The van der Waals surface area contributed by atoms with Crippen molar-refractivity contribution in [3.8, 4) is 0 Å². The lowest BCUT2D eigenvalue weighted by Crippen LogP contribution is -2.20. The van der Waals surface area contributed by atoms with Gasteiger partial charge in [-0.1, -0.05) is 13.0 Å². The monoisotopic (exact) mass is 193 g/mol. The Balaban J connectivity index is 2.38. The second-order valence-corrected chi connectivity index (χ2v) is 4.19. The number of nitrogens with two attached hydrogens (primary N) is 1. The molecule has 0 heterocycles. The molecule has 0 atom stereocenters. The van der Waals surface area contributed by atoms with E-state index in [0.29, 0.717) is 6.54 Å². The van der Waals surface area contributed by atoms with Crippen LogP contribution in [-0.4, -0.2) is 6.54 Å². The SMILES string of the molecule is CCc1cc(F)cc(C2(CN)CC2)c1. The minimum atomic E-state index is -0.126. The van der Waals surface area contributed by atoms with E-state index in [1.54, 1.807) is 12.1 Å². The summed E-state index contributed by atoms with van der Waals surface area (Å²) in [6.07, 6.45) is 3.09. The Morgan fingerprint density at radius 3 is 2.57 bits per heavy atom. The van der Waals surface area contributed by atoms with Gasteiger partial charge in [-0.15, -0.1) is 0 Å². The molecule has 0 aromatic heterocycles. The van der Waals surface area contributed by atoms with Crippen molar-refractivity contribution in [2.24, 2.45) is 5.73 Å². The topological polar surface area (TPSA) is 26.0 Å². The van der Waals surface area contributed by atoms with E-state index in [0.717, 1.165) is 30.4 Å². The summed E-state index contributed by atoms with van der Waals surface area (Å²) in [5.41, 5.74) is 7.99. The Kier molecular flexibility index (Phi) is 2.31. The first-order valence-electron chi connectivity index (χ1n) is 5.20. The van der Waals surface area contributed by atoms with Crippen molar-refractivity contribution in [1.29, 1.82) is 0 Å². The Morgan fingerprint density at radius 1 is 1.36 bits per heavy atom. The number of aryl methyl sites for hydroxylation is 1. The molecule has 1 aliphatic rings. The van der Waals surface area contributed by atoms with E-state index < -0.39 is 0 Å². The standard InChI is InChI=1S/C12H16FN/c1-2-9-5-10(7-11(13)6-9)12(8-14)3-4-12/h5-7H,2-4,8,14H2,1H3. The van der Waals surface area contributed by atoms with Crippen LogP contribution in [0, 0.1) is 5.82 Å². The fourth-order valence-electron chi connectivity index (χ4n) is 1.92. The lowest BCUT2D eigenvalue weighted by Gasteiger charge is -2.14. The molecular weight excluding hydrogens is 177 g/mol. The van der Waals surface area contributed by atoms with Gasteiger partial charge in [-0.2, -0.15) is 0 Å². The Hall–Kier alpha value is -0.890. The largest absolute Gasteiger partial charge is 0.330 e. The van der Waals surface area contributed by atoms with Gasteiger partial charge in [0.05, 0.1) is 0 Å². The maximum atomic E-state index is 13.3. The van der Waals surface area contributed by atoms with Gasteiger partial charge in [-0.05, 0) is 42.5 Å². The van der Waals surface area contributed by atoms with Crippen molar-refractivity contribution in [2.75, 3.05) is 6.54 Å². The van der Waals surface area contributed by atoms with Crippen molar-refractivity contribution >= 4 is 0 Å². The number of hydrogen-bond acceptors (Lipinski definition) is 1. The van der Waals surface area contributed by atoms with Crippen LogP contribution in [0.2, 0.25) is 0 Å². The number of halogens is 1. The predicted molar refractivity (Wildman–Crippen MR) is 55.7 cm³/mol. The molecule has 1 aliphatic carbocycles. The van der Waals surface area contributed by atoms with E-state index in [-0.39, 0.29) is 11.2 Å². The zero-order valence-electron chi connectivity index (χ0n) is 8.52. The molecule has 0 radical (unpaired) electrons. The van der Waals surface area contributed by atoms with Crippen LogP contribution in [0.15, 0.2) is 18.2 Å². The third kappa shape index (κ3) is 1.55. The normalized spacial score (nSPS) is 18.2. The third-order valence-electron chi connectivity index (χ3n) is 3.22. The van der Waals surface area contributed by atoms with E-state index in [4.69, 9.17) is 5.73 Å². The van der Waals surface area contributed by atoms with Crippen LogP contribution in [0.25, 0.3) is 0 Å². The highest BCUT2D eigenvalue weighted by Crippen LogP contribution is 2.47. The Labute approximate surface area is 84.1 Å². The highest BCUT2D eigenvalue weighted by molar-refractivity contribution is 5.35. The molecule has 2 rings (SSSR count). The number of rotatable bonds is 3. The van der Waals surface area contributed by atoms with Crippen LogP contribution in [-0.2, 0) is 11.8 Å². The van der Waals surface area contributed by atoms with Crippen molar-refractivity contribution in [3.05, 3.63) is 35.1 Å². The zero-order chi connectivity index (χ0) is 10.2. The van der Waals surface area contributed by atoms with E-state index in [1.165, 1.54) is 0 Å². The Morgan fingerprint density at radius 2 is 2.07 bits per heavy atom. The van der Waals surface area contributed by atoms with Crippen LogP contribution in [0.1, 0.15) is 30.9 Å². The molecule has 1 saturated carbocycles. The van der Waals surface area contributed by atoms with Gasteiger partial charge in [0.2, 0.25) is 0 Å². The van der Waals surface area contributed by atoms with Gasteiger partial charge in [0.15, 0.2) is 0 Å². The maximum Gasteiger partial charge on any atom is 0.123 e. The van der Waals surface area contributed by atoms with Crippen LogP contribution >= 0.6 is 0 Å². The first-order chi connectivity index (χ1) is 6.70. The van der Waals surface area contributed by atoms with Gasteiger partial charge in [0.1, 0.15) is 5.82 Å². The van der Waals surface area contributed by atoms with Crippen molar-refractivity contribution in [2.45, 2.75) is 31.6 Å². The molecule has 0 amide bonds. The molecule has 1 fully saturated rings. The van der Waals surface area contributed by atoms with Crippen molar-refractivity contribution < 1.29 is 4.39 Å². The van der Waals surface area contributed by atoms with E-state index in [1.807, 2.05) is 6.92 Å². The smallest absolute Gasteiger partial charge is 0.123 e. The highest BCUT2D eigenvalue weighted by Gasteiger charge is 2.43. The summed E-state index contributed by atoms with van der Waals surface area (Å²) < 4.78 is 13.3. The van der Waals surface area contributed by atoms with Gasteiger partial charge >= 0.3 is 0 Å². The fraction of sp³-hybridized carbons (Fsp3) is 0.500. The molecule has 0 bridgehead atoms. The first kappa shape index (κ1) is 9.66. The minimum absolute atomic E-state index is 0.103. The average molecular weight is 193 g/mol. The molecule has 1 aromatic carbocycles. The molecule has 76 valence electrons. The van der Waals surface area contributed by atoms with Crippen molar-refractivity contribution in [3.63, 3.8) is 0 Å². The molecular formula is C12H16FN. The van der Waals surface area contributed by atoms with Crippen molar-refractivity contribution in [1.82, 2.24) is 0 Å². The van der Waals surface area contributed by atoms with Crippen LogP contribution in [0.3, 0.4) is 0 Å².